The van der Waals surface area contributed by atoms with Crippen molar-refractivity contribution < 1.29 is 14.6 Å². The lowest BCUT2D eigenvalue weighted by molar-refractivity contribution is 0.0991. The van der Waals surface area contributed by atoms with Crippen LogP contribution in [0.25, 0.3) is 0 Å². The average molecular weight is 242 g/mol. The first-order chi connectivity index (χ1) is 8.33. The smallest absolute Gasteiger partial charge is 0.204 e. The Kier molecular flexibility index (Phi) is 6.05. The van der Waals surface area contributed by atoms with Gasteiger partial charge in [0.25, 0.3) is 0 Å². The maximum absolute atomic E-state index is 8.54. The molecule has 0 atom stereocenters. The summed E-state index contributed by atoms with van der Waals surface area (Å²) in [5.74, 6) is 1.80. The van der Waals surface area contributed by atoms with E-state index < -0.39 is 0 Å². The minimum absolute atomic E-state index is 0.0285. The summed E-state index contributed by atoms with van der Waals surface area (Å²) >= 11 is 0. The zero-order valence-corrected chi connectivity index (χ0v) is 10.1. The lowest BCUT2D eigenvalue weighted by Gasteiger charge is -2.12. The Morgan fingerprint density at radius 3 is 2.71 bits per heavy atom. The van der Waals surface area contributed by atoms with Gasteiger partial charge in [0.15, 0.2) is 11.6 Å². The fourth-order valence-electron chi connectivity index (χ4n) is 1.28. The number of rotatable bonds is 8. The van der Waals surface area contributed by atoms with Crippen molar-refractivity contribution in [2.75, 3.05) is 51.2 Å². The lowest BCUT2D eigenvalue weighted by Crippen LogP contribution is -2.13. The van der Waals surface area contributed by atoms with Crippen LogP contribution in [0.4, 0.5) is 11.6 Å². The van der Waals surface area contributed by atoms with Gasteiger partial charge in [-0.15, -0.1) is 0 Å². The van der Waals surface area contributed by atoms with Crippen LogP contribution in [0.5, 0.6) is 5.75 Å². The first kappa shape index (κ1) is 13.5. The first-order valence-corrected chi connectivity index (χ1v) is 5.32. The van der Waals surface area contributed by atoms with Crippen LogP contribution in [0, 0.1) is 0 Å². The molecule has 7 nitrogen and oxygen atoms in total. The minimum Gasteiger partial charge on any atom is -0.490 e. The van der Waals surface area contributed by atoms with Crippen molar-refractivity contribution in [2.24, 2.45) is 0 Å². The van der Waals surface area contributed by atoms with Gasteiger partial charge < -0.3 is 25.2 Å². The summed E-state index contributed by atoms with van der Waals surface area (Å²) in [4.78, 5) is 8.12. The number of methoxy groups -OCH3 is 1. The van der Waals surface area contributed by atoms with Gasteiger partial charge in [-0.2, -0.15) is 0 Å². The van der Waals surface area contributed by atoms with E-state index in [1.54, 1.807) is 14.2 Å². The number of hydrogen-bond donors (Lipinski definition) is 3. The van der Waals surface area contributed by atoms with Crippen molar-refractivity contribution in [1.82, 2.24) is 9.97 Å². The quantitative estimate of drug-likeness (QED) is 0.551. The van der Waals surface area contributed by atoms with Crippen molar-refractivity contribution in [3.8, 4) is 5.75 Å². The molecule has 0 fully saturated rings. The number of hydrogen-bond acceptors (Lipinski definition) is 7. The molecule has 0 spiro atoms. The molecule has 0 saturated carbocycles. The summed E-state index contributed by atoms with van der Waals surface area (Å²) in [6.45, 7) is 1.43. The van der Waals surface area contributed by atoms with E-state index in [4.69, 9.17) is 14.6 Å². The Hall–Kier alpha value is -1.60. The molecule has 0 aliphatic rings. The highest BCUT2D eigenvalue weighted by molar-refractivity contribution is 5.63. The highest BCUT2D eigenvalue weighted by atomic mass is 16.5. The zero-order chi connectivity index (χ0) is 12.5. The SMILES string of the molecule is CNc1ncnc(NCCOCCO)c1OC. The second kappa shape index (κ2) is 7.64. The average Bonchev–Trinajstić information content (AvgIpc) is 2.38. The first-order valence-electron chi connectivity index (χ1n) is 5.32. The molecule has 0 aromatic carbocycles. The molecule has 3 N–H and O–H groups in total. The molecular formula is C10H18N4O3. The summed E-state index contributed by atoms with van der Waals surface area (Å²) < 4.78 is 10.3. The van der Waals surface area contributed by atoms with E-state index >= 15 is 0 Å². The van der Waals surface area contributed by atoms with Crippen LogP contribution in [-0.4, -0.2) is 55.6 Å². The molecule has 1 heterocycles. The van der Waals surface area contributed by atoms with E-state index in [9.17, 15) is 0 Å². The second-order valence-corrected chi connectivity index (χ2v) is 3.12. The van der Waals surface area contributed by atoms with Crippen molar-refractivity contribution in [3.63, 3.8) is 0 Å². The Labute approximate surface area is 100 Å². The zero-order valence-electron chi connectivity index (χ0n) is 10.1. The van der Waals surface area contributed by atoms with Gasteiger partial charge in [0.1, 0.15) is 6.33 Å². The van der Waals surface area contributed by atoms with Crippen molar-refractivity contribution >= 4 is 11.6 Å². The molecular weight excluding hydrogens is 224 g/mol. The maximum atomic E-state index is 8.54. The Bertz CT molecular complexity index is 335. The highest BCUT2D eigenvalue weighted by Gasteiger charge is 2.09. The molecule has 0 bridgehead atoms. The minimum atomic E-state index is 0.0285. The van der Waals surface area contributed by atoms with E-state index in [1.807, 2.05) is 0 Å². The molecule has 0 saturated heterocycles. The summed E-state index contributed by atoms with van der Waals surface area (Å²) in [5.41, 5.74) is 0. The molecule has 7 heteroatoms. The van der Waals surface area contributed by atoms with Gasteiger partial charge >= 0.3 is 0 Å². The third kappa shape index (κ3) is 4.04. The van der Waals surface area contributed by atoms with E-state index in [0.717, 1.165) is 0 Å². The van der Waals surface area contributed by atoms with E-state index in [0.29, 0.717) is 37.1 Å². The third-order valence-corrected chi connectivity index (χ3v) is 2.02. The summed E-state index contributed by atoms with van der Waals surface area (Å²) in [6.07, 6.45) is 1.45. The van der Waals surface area contributed by atoms with Gasteiger partial charge in [-0.25, -0.2) is 9.97 Å². The standard InChI is InChI=1S/C10H18N4O3/c1-11-9-8(16-2)10(14-7-13-9)12-3-5-17-6-4-15/h7,15H,3-6H2,1-2H3,(H2,11,12,13,14). The monoisotopic (exact) mass is 242 g/mol. The van der Waals surface area contributed by atoms with Gasteiger partial charge in [0.05, 0.1) is 26.9 Å². The normalized spacial score (nSPS) is 10.1. The van der Waals surface area contributed by atoms with E-state index in [2.05, 4.69) is 20.6 Å². The molecule has 1 rings (SSSR count). The molecule has 96 valence electrons. The molecule has 17 heavy (non-hydrogen) atoms. The summed E-state index contributed by atoms with van der Waals surface area (Å²) in [5, 5.41) is 14.5. The predicted octanol–water partition coefficient (Wildman–Crippen LogP) is -0.0523. The third-order valence-electron chi connectivity index (χ3n) is 2.02. The Balaban J connectivity index is 2.52. The second-order valence-electron chi connectivity index (χ2n) is 3.12. The van der Waals surface area contributed by atoms with Crippen LogP contribution in [0.3, 0.4) is 0 Å². The number of anilines is 2. The topological polar surface area (TPSA) is 88.5 Å². The largest absolute Gasteiger partial charge is 0.490 e. The fraction of sp³-hybridized carbons (Fsp3) is 0.600. The van der Waals surface area contributed by atoms with Crippen molar-refractivity contribution in [2.45, 2.75) is 0 Å². The molecule has 0 unspecified atom stereocenters. The van der Waals surface area contributed by atoms with E-state index in [1.165, 1.54) is 6.33 Å². The molecule has 0 aliphatic heterocycles. The van der Waals surface area contributed by atoms with E-state index in [-0.39, 0.29) is 6.61 Å². The predicted molar refractivity (Wildman–Crippen MR) is 64.5 cm³/mol. The summed E-state index contributed by atoms with van der Waals surface area (Å²) in [7, 11) is 3.33. The fourth-order valence-corrected chi connectivity index (χ4v) is 1.28. The molecule has 0 amide bonds. The van der Waals surface area contributed by atoms with Gasteiger partial charge in [-0.3, -0.25) is 0 Å². The highest BCUT2D eigenvalue weighted by Crippen LogP contribution is 2.27. The number of ether oxygens (including phenoxy) is 2. The number of aliphatic hydroxyl groups excluding tert-OH is 1. The van der Waals surface area contributed by atoms with Crippen LogP contribution >= 0.6 is 0 Å². The van der Waals surface area contributed by atoms with Gasteiger partial charge in [-0.05, 0) is 0 Å². The van der Waals surface area contributed by atoms with Crippen molar-refractivity contribution in [3.05, 3.63) is 6.33 Å². The maximum Gasteiger partial charge on any atom is 0.204 e. The van der Waals surface area contributed by atoms with Crippen LogP contribution in [0.1, 0.15) is 0 Å². The summed E-state index contributed by atoms with van der Waals surface area (Å²) in [6, 6.07) is 0. The van der Waals surface area contributed by atoms with Gasteiger partial charge in [0.2, 0.25) is 5.75 Å². The Morgan fingerprint density at radius 1 is 1.29 bits per heavy atom. The van der Waals surface area contributed by atoms with Crippen LogP contribution < -0.4 is 15.4 Å². The molecule has 1 aromatic heterocycles. The lowest BCUT2D eigenvalue weighted by atomic mass is 10.4. The number of nitrogens with one attached hydrogen (secondary N) is 2. The number of nitrogens with zero attached hydrogens (tertiary/aromatic N) is 2. The van der Waals surface area contributed by atoms with Crippen LogP contribution in [0.15, 0.2) is 6.33 Å². The van der Waals surface area contributed by atoms with Crippen LogP contribution in [0.2, 0.25) is 0 Å². The van der Waals surface area contributed by atoms with Gasteiger partial charge in [0, 0.05) is 13.6 Å². The van der Waals surface area contributed by atoms with Crippen LogP contribution in [-0.2, 0) is 4.74 Å². The van der Waals surface area contributed by atoms with Crippen molar-refractivity contribution in [1.29, 1.82) is 0 Å². The molecule has 0 aliphatic carbocycles. The Morgan fingerprint density at radius 2 is 2.06 bits per heavy atom. The van der Waals surface area contributed by atoms with Gasteiger partial charge in [-0.1, -0.05) is 0 Å². The molecule has 1 aromatic rings. The number of aromatic nitrogens is 2. The molecule has 0 radical (unpaired) electrons. The number of aliphatic hydroxyl groups is 1.